The van der Waals surface area contributed by atoms with Gasteiger partial charge in [-0.15, -0.1) is 0 Å². The van der Waals surface area contributed by atoms with Crippen LogP contribution in [0.3, 0.4) is 0 Å². The summed E-state index contributed by atoms with van der Waals surface area (Å²) < 4.78 is 0. The Kier molecular flexibility index (Phi) is 2.95. The van der Waals surface area contributed by atoms with Gasteiger partial charge in [0.1, 0.15) is 0 Å². The van der Waals surface area contributed by atoms with Crippen molar-refractivity contribution in [2.24, 2.45) is 0 Å². The number of aryl methyl sites for hydroxylation is 1. The number of carbonyl (C=O) groups is 1. The van der Waals surface area contributed by atoms with E-state index in [0.29, 0.717) is 5.56 Å². The summed E-state index contributed by atoms with van der Waals surface area (Å²) in [5.41, 5.74) is 3.49. The molecular weight excluding hydrogens is 240 g/mol. The Bertz CT molecular complexity index is 605. The first kappa shape index (κ1) is 11.8. The minimum Gasteiger partial charge on any atom is -0.387 e. The van der Waals surface area contributed by atoms with Crippen molar-refractivity contribution < 1.29 is 4.79 Å². The summed E-state index contributed by atoms with van der Waals surface area (Å²) in [6.07, 6.45) is 3.64. The summed E-state index contributed by atoms with van der Waals surface area (Å²) in [5.74, 6) is 0.0206. The second-order valence-corrected chi connectivity index (χ2v) is 4.59. The molecule has 0 atom stereocenters. The lowest BCUT2D eigenvalue weighted by Gasteiger charge is -2.27. The molecule has 1 amide bonds. The molecule has 0 radical (unpaired) electrons. The molecule has 3 rings (SSSR count). The third-order valence-electron chi connectivity index (χ3n) is 3.47. The molecule has 1 aliphatic heterocycles. The number of aromatic nitrogens is 2. The third kappa shape index (κ3) is 1.97. The number of anilines is 2. The molecule has 0 unspecified atom stereocenters. The molecule has 1 aromatic carbocycles. The summed E-state index contributed by atoms with van der Waals surface area (Å²) in [4.78, 5) is 14.5. The van der Waals surface area contributed by atoms with E-state index in [0.717, 1.165) is 36.5 Å². The van der Waals surface area contributed by atoms with Crippen LogP contribution in [-0.4, -0.2) is 29.7 Å². The van der Waals surface area contributed by atoms with Crippen LogP contribution in [0.25, 0.3) is 0 Å². The van der Waals surface area contributed by atoms with Crippen LogP contribution < -0.4 is 10.2 Å². The van der Waals surface area contributed by atoms with E-state index in [1.807, 2.05) is 31.3 Å². The fraction of sp³-hybridized carbons (Fsp3) is 0.286. The van der Waals surface area contributed by atoms with Crippen molar-refractivity contribution in [1.82, 2.24) is 10.2 Å². The molecule has 2 heterocycles. The minimum absolute atomic E-state index is 0.0206. The number of aromatic amines is 1. The molecule has 2 N–H and O–H groups in total. The Morgan fingerprint density at radius 2 is 2.26 bits per heavy atom. The van der Waals surface area contributed by atoms with Crippen molar-refractivity contribution in [3.63, 3.8) is 0 Å². The smallest absolute Gasteiger partial charge is 0.260 e. The number of hydrogen-bond acceptors (Lipinski definition) is 3. The quantitative estimate of drug-likeness (QED) is 0.864. The van der Waals surface area contributed by atoms with Gasteiger partial charge >= 0.3 is 0 Å². The molecule has 0 spiro atoms. The van der Waals surface area contributed by atoms with E-state index in [1.54, 1.807) is 11.1 Å². The highest BCUT2D eigenvalue weighted by molar-refractivity contribution is 6.09. The van der Waals surface area contributed by atoms with Gasteiger partial charge in [0.05, 0.1) is 23.1 Å². The molecule has 1 aliphatic rings. The van der Waals surface area contributed by atoms with Crippen molar-refractivity contribution in [2.45, 2.75) is 12.8 Å². The van der Waals surface area contributed by atoms with Crippen LogP contribution >= 0.6 is 0 Å². The number of nitrogens with one attached hydrogen (secondary N) is 2. The molecule has 98 valence electrons. The topological polar surface area (TPSA) is 61.0 Å². The molecule has 1 aromatic heterocycles. The zero-order chi connectivity index (χ0) is 13.2. The SMILES string of the molecule is CNc1ccccc1C(=O)N1CCCc2[nH]ncc21. The lowest BCUT2D eigenvalue weighted by atomic mass is 10.1. The van der Waals surface area contributed by atoms with Gasteiger partial charge in [0.15, 0.2) is 0 Å². The standard InChI is InChI=1S/C14H16N4O/c1-15-11-6-3-2-5-10(11)14(19)18-8-4-7-12-13(18)9-16-17-12/h2-3,5-6,9,15H,4,7-8H2,1H3,(H,16,17). The predicted octanol–water partition coefficient (Wildman–Crippen LogP) is 2.04. The maximum atomic E-state index is 12.7. The first-order valence-corrected chi connectivity index (χ1v) is 6.42. The molecule has 0 aliphatic carbocycles. The molecule has 0 fully saturated rings. The number of fused-ring (bicyclic) bond motifs is 1. The summed E-state index contributed by atoms with van der Waals surface area (Å²) in [6, 6.07) is 7.56. The number of rotatable bonds is 2. The fourth-order valence-corrected chi connectivity index (χ4v) is 2.50. The van der Waals surface area contributed by atoms with E-state index in [-0.39, 0.29) is 5.91 Å². The molecule has 2 aromatic rings. The second kappa shape index (κ2) is 4.76. The lowest BCUT2D eigenvalue weighted by molar-refractivity contribution is 0.0986. The lowest BCUT2D eigenvalue weighted by Crippen LogP contribution is -2.35. The fourth-order valence-electron chi connectivity index (χ4n) is 2.50. The molecule has 5 nitrogen and oxygen atoms in total. The molecule has 5 heteroatoms. The summed E-state index contributed by atoms with van der Waals surface area (Å²) in [5, 5.41) is 10.1. The predicted molar refractivity (Wildman–Crippen MR) is 74.6 cm³/mol. The zero-order valence-corrected chi connectivity index (χ0v) is 10.8. The van der Waals surface area contributed by atoms with Gasteiger partial charge in [0.25, 0.3) is 5.91 Å². The summed E-state index contributed by atoms with van der Waals surface area (Å²) in [7, 11) is 1.82. The maximum Gasteiger partial charge on any atom is 0.260 e. The number of benzene rings is 1. The number of hydrogen-bond donors (Lipinski definition) is 2. The Morgan fingerprint density at radius 3 is 3.11 bits per heavy atom. The van der Waals surface area contributed by atoms with E-state index in [1.165, 1.54) is 0 Å². The molecule has 0 bridgehead atoms. The van der Waals surface area contributed by atoms with Gasteiger partial charge < -0.3 is 10.2 Å². The van der Waals surface area contributed by atoms with Gasteiger partial charge in [-0.3, -0.25) is 9.89 Å². The highest BCUT2D eigenvalue weighted by Crippen LogP contribution is 2.27. The van der Waals surface area contributed by atoms with Crippen LogP contribution in [0.2, 0.25) is 0 Å². The van der Waals surface area contributed by atoms with Crippen molar-refractivity contribution >= 4 is 17.3 Å². The number of amides is 1. The Morgan fingerprint density at radius 1 is 1.42 bits per heavy atom. The van der Waals surface area contributed by atoms with Gasteiger partial charge in [0.2, 0.25) is 0 Å². The van der Waals surface area contributed by atoms with Crippen LogP contribution in [-0.2, 0) is 6.42 Å². The van der Waals surface area contributed by atoms with Crippen LogP contribution in [0.1, 0.15) is 22.5 Å². The highest BCUT2D eigenvalue weighted by atomic mass is 16.2. The largest absolute Gasteiger partial charge is 0.387 e. The van der Waals surface area contributed by atoms with Crippen LogP contribution in [0.5, 0.6) is 0 Å². The van der Waals surface area contributed by atoms with E-state index in [4.69, 9.17) is 0 Å². The van der Waals surface area contributed by atoms with Crippen LogP contribution in [0.4, 0.5) is 11.4 Å². The van der Waals surface area contributed by atoms with E-state index in [2.05, 4.69) is 15.5 Å². The number of H-pyrrole nitrogens is 1. The average molecular weight is 256 g/mol. The Hall–Kier alpha value is -2.30. The first-order valence-electron chi connectivity index (χ1n) is 6.42. The van der Waals surface area contributed by atoms with Crippen molar-refractivity contribution in [3.8, 4) is 0 Å². The van der Waals surface area contributed by atoms with Gasteiger partial charge in [0, 0.05) is 19.3 Å². The molecule has 0 saturated carbocycles. The number of carbonyl (C=O) groups excluding carboxylic acids is 1. The number of para-hydroxylation sites is 1. The minimum atomic E-state index is 0.0206. The van der Waals surface area contributed by atoms with Crippen molar-refractivity contribution in [3.05, 3.63) is 41.7 Å². The van der Waals surface area contributed by atoms with Crippen LogP contribution in [0.15, 0.2) is 30.5 Å². The van der Waals surface area contributed by atoms with E-state index in [9.17, 15) is 4.79 Å². The van der Waals surface area contributed by atoms with Crippen LogP contribution in [0, 0.1) is 0 Å². The normalized spacial score (nSPS) is 14.1. The van der Waals surface area contributed by atoms with E-state index < -0.39 is 0 Å². The third-order valence-corrected chi connectivity index (χ3v) is 3.47. The number of nitrogens with zero attached hydrogens (tertiary/aromatic N) is 2. The molecule has 19 heavy (non-hydrogen) atoms. The Labute approximate surface area is 111 Å². The zero-order valence-electron chi connectivity index (χ0n) is 10.8. The summed E-state index contributed by atoms with van der Waals surface area (Å²) in [6.45, 7) is 0.739. The van der Waals surface area contributed by atoms with Gasteiger partial charge in [-0.2, -0.15) is 5.10 Å². The van der Waals surface area contributed by atoms with Crippen molar-refractivity contribution in [1.29, 1.82) is 0 Å². The van der Waals surface area contributed by atoms with E-state index >= 15 is 0 Å². The van der Waals surface area contributed by atoms with Gasteiger partial charge in [-0.25, -0.2) is 0 Å². The molecular formula is C14H16N4O. The summed E-state index contributed by atoms with van der Waals surface area (Å²) >= 11 is 0. The first-order chi connectivity index (χ1) is 9.31. The Balaban J connectivity index is 1.98. The second-order valence-electron chi connectivity index (χ2n) is 4.59. The highest BCUT2D eigenvalue weighted by Gasteiger charge is 2.26. The van der Waals surface area contributed by atoms with Crippen molar-refractivity contribution in [2.75, 3.05) is 23.8 Å². The van der Waals surface area contributed by atoms with Gasteiger partial charge in [-0.1, -0.05) is 12.1 Å². The molecule has 0 saturated heterocycles. The average Bonchev–Trinajstić information content (AvgIpc) is 2.94. The van der Waals surface area contributed by atoms with Gasteiger partial charge in [-0.05, 0) is 25.0 Å². The monoisotopic (exact) mass is 256 g/mol. The maximum absolute atomic E-state index is 12.7.